The first-order valence-electron chi connectivity index (χ1n) is 12.8. The van der Waals surface area contributed by atoms with Crippen LogP contribution in [0.2, 0.25) is 0 Å². The molecule has 4 fully saturated rings. The zero-order valence-electron chi connectivity index (χ0n) is 19.4. The topological polar surface area (TPSA) is 41.5 Å². The van der Waals surface area contributed by atoms with Crippen molar-refractivity contribution >= 4 is 0 Å². The molecule has 0 radical (unpaired) electrons. The van der Waals surface area contributed by atoms with Gasteiger partial charge < -0.3 is 15.2 Å². The molecule has 3 nitrogen and oxygen atoms in total. The lowest BCUT2D eigenvalue weighted by Gasteiger charge is -2.49. The number of piperidine rings is 1. The van der Waals surface area contributed by atoms with E-state index in [1.807, 2.05) is 0 Å². The summed E-state index contributed by atoms with van der Waals surface area (Å²) >= 11 is 0. The molecular weight excluding hydrogens is 370 g/mol. The van der Waals surface area contributed by atoms with Crippen molar-refractivity contribution in [1.82, 2.24) is 5.32 Å². The first-order chi connectivity index (χ1) is 14.3. The number of aliphatic hydroxyl groups excluding tert-OH is 1. The number of hydrogen-bond donors (Lipinski definition) is 2. The molecule has 2 unspecified atom stereocenters. The van der Waals surface area contributed by atoms with Crippen LogP contribution in [0.25, 0.3) is 0 Å². The molecule has 0 amide bonds. The fourth-order valence-corrected chi connectivity index (χ4v) is 9.09. The standard InChI is InChI=1S/C27H41NO2/c1-15-11-24-25(28-14-15)17(3)27(30-24)10-8-20-21-6-5-18-12-19(29)7-9-26(18,4)23(21)13-22(20)16(27)2/h5,15,17,19-21,23-25,28-29H,6-14H2,1-4H3/t15-,17+,19-,20-,21-,23-,24?,25?,26-,27-/m0/s1. The smallest absolute Gasteiger partial charge is 0.0937 e. The van der Waals surface area contributed by atoms with E-state index in [2.05, 4.69) is 39.1 Å². The van der Waals surface area contributed by atoms with E-state index < -0.39 is 0 Å². The number of ether oxygens (including phenoxy) is 1. The number of allylic oxidation sites excluding steroid dienone is 2. The molecule has 0 aromatic rings. The first-order valence-corrected chi connectivity index (χ1v) is 12.8. The molecule has 10 atom stereocenters. The van der Waals surface area contributed by atoms with Crippen molar-refractivity contribution < 1.29 is 9.84 Å². The second-order valence-corrected chi connectivity index (χ2v) is 12.2. The van der Waals surface area contributed by atoms with Crippen LogP contribution in [0.15, 0.2) is 22.8 Å². The SMILES string of the molecule is CC1=C2C[C@H]3[C@@H](CC=C4C[C@@H](O)CC[C@@]43C)[C@@H]2CC[C@]12OC1C[C@H](C)CNC1[C@H]2C. The minimum atomic E-state index is -0.111. The van der Waals surface area contributed by atoms with Crippen LogP contribution in [-0.2, 0) is 4.74 Å². The molecule has 0 bridgehead atoms. The van der Waals surface area contributed by atoms with Crippen LogP contribution in [0, 0.1) is 35.0 Å². The van der Waals surface area contributed by atoms with Gasteiger partial charge in [-0.3, -0.25) is 0 Å². The first kappa shape index (κ1) is 20.0. The van der Waals surface area contributed by atoms with Crippen LogP contribution in [0.3, 0.4) is 0 Å². The normalized spacial score (nSPS) is 55.0. The largest absolute Gasteiger partial charge is 0.393 e. The van der Waals surface area contributed by atoms with Crippen molar-refractivity contribution in [1.29, 1.82) is 0 Å². The molecule has 2 saturated carbocycles. The van der Waals surface area contributed by atoms with E-state index in [4.69, 9.17) is 4.74 Å². The van der Waals surface area contributed by atoms with Gasteiger partial charge in [-0.1, -0.05) is 38.0 Å². The van der Waals surface area contributed by atoms with Crippen LogP contribution >= 0.6 is 0 Å². The van der Waals surface area contributed by atoms with Crippen molar-refractivity contribution in [2.45, 2.75) is 103 Å². The summed E-state index contributed by atoms with van der Waals surface area (Å²) in [5.74, 6) is 3.64. The Bertz CT molecular complexity index is 801. The van der Waals surface area contributed by atoms with Gasteiger partial charge in [0, 0.05) is 12.0 Å². The van der Waals surface area contributed by atoms with Crippen LogP contribution in [0.4, 0.5) is 0 Å². The molecule has 0 aromatic carbocycles. The van der Waals surface area contributed by atoms with Gasteiger partial charge in [0.25, 0.3) is 0 Å². The van der Waals surface area contributed by atoms with Gasteiger partial charge in [-0.25, -0.2) is 0 Å². The monoisotopic (exact) mass is 411 g/mol. The van der Waals surface area contributed by atoms with Gasteiger partial charge in [-0.15, -0.1) is 0 Å². The molecule has 6 aliphatic rings. The van der Waals surface area contributed by atoms with Gasteiger partial charge in [0.2, 0.25) is 0 Å². The lowest BCUT2D eigenvalue weighted by molar-refractivity contribution is -0.0549. The summed E-state index contributed by atoms with van der Waals surface area (Å²) in [6, 6.07) is 0.530. The van der Waals surface area contributed by atoms with Crippen molar-refractivity contribution in [2.24, 2.45) is 35.0 Å². The molecule has 166 valence electrons. The highest BCUT2D eigenvalue weighted by molar-refractivity contribution is 5.38. The Morgan fingerprint density at radius 3 is 2.83 bits per heavy atom. The summed E-state index contributed by atoms with van der Waals surface area (Å²) < 4.78 is 7.03. The Balaban J connectivity index is 1.34. The summed E-state index contributed by atoms with van der Waals surface area (Å²) in [6.45, 7) is 10.9. The maximum Gasteiger partial charge on any atom is 0.0937 e. The maximum absolute atomic E-state index is 10.3. The molecule has 2 heterocycles. The van der Waals surface area contributed by atoms with Crippen LogP contribution < -0.4 is 5.32 Å². The molecule has 6 rings (SSSR count). The Morgan fingerprint density at radius 2 is 2.00 bits per heavy atom. The van der Waals surface area contributed by atoms with E-state index in [0.717, 1.165) is 43.1 Å². The number of hydrogen-bond acceptors (Lipinski definition) is 3. The highest BCUT2D eigenvalue weighted by atomic mass is 16.5. The summed E-state index contributed by atoms with van der Waals surface area (Å²) in [4.78, 5) is 0. The molecule has 2 saturated heterocycles. The molecular formula is C27H41NO2. The summed E-state index contributed by atoms with van der Waals surface area (Å²) in [6.07, 6.45) is 12.2. The second-order valence-electron chi connectivity index (χ2n) is 12.2. The van der Waals surface area contributed by atoms with Crippen molar-refractivity contribution in [3.8, 4) is 0 Å². The molecule has 30 heavy (non-hydrogen) atoms. The molecule has 1 spiro atoms. The highest BCUT2D eigenvalue weighted by Gasteiger charge is 2.60. The van der Waals surface area contributed by atoms with E-state index in [1.54, 1.807) is 16.7 Å². The van der Waals surface area contributed by atoms with E-state index in [-0.39, 0.29) is 11.7 Å². The predicted molar refractivity (Wildman–Crippen MR) is 120 cm³/mol. The molecule has 2 aliphatic heterocycles. The third-order valence-corrected chi connectivity index (χ3v) is 10.9. The zero-order chi connectivity index (χ0) is 20.8. The van der Waals surface area contributed by atoms with Crippen LogP contribution in [-0.4, -0.2) is 35.5 Å². The fourth-order valence-electron chi connectivity index (χ4n) is 9.09. The van der Waals surface area contributed by atoms with E-state index >= 15 is 0 Å². The molecule has 4 aliphatic carbocycles. The third kappa shape index (κ3) is 2.55. The lowest BCUT2D eigenvalue weighted by atomic mass is 9.56. The van der Waals surface area contributed by atoms with Crippen molar-refractivity contribution in [3.05, 3.63) is 22.8 Å². The highest BCUT2D eigenvalue weighted by Crippen LogP contribution is 2.65. The number of aliphatic hydroxyl groups is 1. The Labute approximate surface area is 182 Å². The number of rotatable bonds is 0. The van der Waals surface area contributed by atoms with Gasteiger partial charge >= 0.3 is 0 Å². The van der Waals surface area contributed by atoms with Gasteiger partial charge in [0.15, 0.2) is 0 Å². The molecule has 2 N–H and O–H groups in total. The molecule has 0 aromatic heterocycles. The van der Waals surface area contributed by atoms with Crippen molar-refractivity contribution in [3.63, 3.8) is 0 Å². The number of fused-ring (bicyclic) bond motifs is 6. The zero-order valence-corrected chi connectivity index (χ0v) is 19.4. The second kappa shape index (κ2) is 6.68. The van der Waals surface area contributed by atoms with E-state index in [1.165, 1.54) is 38.5 Å². The van der Waals surface area contributed by atoms with E-state index in [9.17, 15) is 5.11 Å². The fraction of sp³-hybridized carbons (Fsp3) is 0.852. The van der Waals surface area contributed by atoms with Crippen LogP contribution in [0.1, 0.15) is 79.1 Å². The lowest BCUT2D eigenvalue weighted by Crippen LogP contribution is -2.49. The summed E-state index contributed by atoms with van der Waals surface area (Å²) in [5, 5.41) is 14.1. The number of nitrogens with one attached hydrogen (secondary N) is 1. The van der Waals surface area contributed by atoms with Crippen LogP contribution in [0.5, 0.6) is 0 Å². The van der Waals surface area contributed by atoms with Crippen molar-refractivity contribution in [2.75, 3.05) is 6.54 Å². The van der Waals surface area contributed by atoms with Gasteiger partial charge in [0.05, 0.1) is 17.8 Å². The molecule has 3 heteroatoms. The quantitative estimate of drug-likeness (QED) is 0.551. The Morgan fingerprint density at radius 1 is 1.17 bits per heavy atom. The van der Waals surface area contributed by atoms with E-state index in [0.29, 0.717) is 23.5 Å². The third-order valence-electron chi connectivity index (χ3n) is 10.9. The van der Waals surface area contributed by atoms with Gasteiger partial charge in [-0.2, -0.15) is 0 Å². The Hall–Kier alpha value is -0.640. The summed E-state index contributed by atoms with van der Waals surface area (Å²) in [7, 11) is 0. The summed E-state index contributed by atoms with van der Waals surface area (Å²) in [5.41, 5.74) is 5.25. The maximum atomic E-state index is 10.3. The van der Waals surface area contributed by atoms with Gasteiger partial charge in [-0.05, 0) is 99.5 Å². The average Bonchev–Trinajstić information content (AvgIpc) is 3.23. The van der Waals surface area contributed by atoms with Gasteiger partial charge in [0.1, 0.15) is 0 Å². The predicted octanol–water partition coefficient (Wildman–Crippen LogP) is 5.00. The minimum Gasteiger partial charge on any atom is -0.393 e. The Kier molecular flexibility index (Phi) is 4.46. The average molecular weight is 412 g/mol. The minimum absolute atomic E-state index is 0.0222.